The van der Waals surface area contributed by atoms with Gasteiger partial charge in [0.2, 0.25) is 0 Å². The molecule has 170 valence electrons. The Morgan fingerprint density at radius 2 is 1.88 bits per heavy atom. The van der Waals surface area contributed by atoms with Crippen molar-refractivity contribution < 1.29 is 14.7 Å². The Morgan fingerprint density at radius 3 is 2.70 bits per heavy atom. The van der Waals surface area contributed by atoms with E-state index in [0.29, 0.717) is 41.8 Å². The third kappa shape index (κ3) is 5.02. The van der Waals surface area contributed by atoms with Gasteiger partial charge in [-0.15, -0.1) is 0 Å². The number of nitrogens with zero attached hydrogens (tertiary/aromatic N) is 3. The summed E-state index contributed by atoms with van der Waals surface area (Å²) >= 11 is 0. The standard InChI is InChI=1S/C24H26N6O3/c31-23(28-17-3-1-2-14(10-17)24(32)33)18-13-26-22(11-20(18)27-16-5-6-16)30-21-7-4-15-12-25-9-8-19(15)29-21/h4,7-9,11-14,16-17H,1-3,5-6,10H2,(H,28,31)(H,32,33)(H2,26,27,29,30)/t14-,17-/m1/s1. The second-order valence-corrected chi connectivity index (χ2v) is 8.80. The average Bonchev–Trinajstić information content (AvgIpc) is 3.63. The van der Waals surface area contributed by atoms with Gasteiger partial charge in [0.05, 0.1) is 22.7 Å². The van der Waals surface area contributed by atoms with Gasteiger partial charge in [-0.1, -0.05) is 6.42 Å². The van der Waals surface area contributed by atoms with Crippen molar-refractivity contribution in [1.29, 1.82) is 0 Å². The number of aliphatic carboxylic acids is 1. The van der Waals surface area contributed by atoms with E-state index in [1.165, 1.54) is 0 Å². The van der Waals surface area contributed by atoms with E-state index in [2.05, 4.69) is 30.9 Å². The normalized spacial score (nSPS) is 20.2. The Bertz CT molecular complexity index is 1200. The first kappa shape index (κ1) is 21.1. The van der Waals surface area contributed by atoms with Crippen molar-refractivity contribution in [2.45, 2.75) is 50.6 Å². The van der Waals surface area contributed by atoms with E-state index >= 15 is 0 Å². The molecule has 2 atom stereocenters. The summed E-state index contributed by atoms with van der Waals surface area (Å²) in [6, 6.07) is 7.69. The Kier molecular flexibility index (Phi) is 5.77. The SMILES string of the molecule is O=C(N[C@@H]1CCC[C@@H](C(=O)O)C1)c1cnc(Nc2ccc3cnccc3n2)cc1NC1CC1. The first-order valence-corrected chi connectivity index (χ1v) is 11.3. The topological polar surface area (TPSA) is 129 Å². The first-order chi connectivity index (χ1) is 16.0. The monoisotopic (exact) mass is 446 g/mol. The minimum Gasteiger partial charge on any atom is -0.481 e. The van der Waals surface area contributed by atoms with Crippen LogP contribution in [0.1, 0.15) is 48.9 Å². The number of carboxylic acids is 1. The van der Waals surface area contributed by atoms with Crippen molar-refractivity contribution in [3.05, 3.63) is 48.4 Å². The molecule has 0 saturated heterocycles. The summed E-state index contributed by atoms with van der Waals surface area (Å²) in [6.07, 6.45) is 9.87. The van der Waals surface area contributed by atoms with E-state index in [1.54, 1.807) is 18.6 Å². The molecule has 9 heteroatoms. The molecule has 0 aromatic carbocycles. The van der Waals surface area contributed by atoms with Crippen LogP contribution < -0.4 is 16.0 Å². The number of carboxylic acid groups (broad SMARTS) is 1. The Labute approximate surface area is 191 Å². The minimum atomic E-state index is -0.791. The van der Waals surface area contributed by atoms with Gasteiger partial charge in [0.25, 0.3) is 5.91 Å². The van der Waals surface area contributed by atoms with Crippen molar-refractivity contribution in [3.63, 3.8) is 0 Å². The summed E-state index contributed by atoms with van der Waals surface area (Å²) < 4.78 is 0. The fourth-order valence-corrected chi connectivity index (χ4v) is 4.25. The smallest absolute Gasteiger partial charge is 0.306 e. The van der Waals surface area contributed by atoms with Crippen molar-refractivity contribution >= 4 is 40.1 Å². The fourth-order valence-electron chi connectivity index (χ4n) is 4.25. The highest BCUT2D eigenvalue weighted by Crippen LogP contribution is 2.30. The molecule has 2 aliphatic carbocycles. The predicted molar refractivity (Wildman–Crippen MR) is 125 cm³/mol. The highest BCUT2D eigenvalue weighted by atomic mass is 16.4. The molecular weight excluding hydrogens is 420 g/mol. The lowest BCUT2D eigenvalue weighted by molar-refractivity contribution is -0.143. The van der Waals surface area contributed by atoms with Gasteiger partial charge < -0.3 is 21.1 Å². The quantitative estimate of drug-likeness (QED) is 0.432. The number of carbonyl (C=O) groups excluding carboxylic acids is 1. The molecule has 2 fully saturated rings. The van der Waals surface area contributed by atoms with Crippen LogP contribution in [0.4, 0.5) is 17.3 Å². The van der Waals surface area contributed by atoms with Crippen LogP contribution in [0.3, 0.4) is 0 Å². The second kappa shape index (κ2) is 9.01. The van der Waals surface area contributed by atoms with Crippen LogP contribution in [-0.4, -0.2) is 44.0 Å². The number of amides is 1. The first-order valence-electron chi connectivity index (χ1n) is 11.3. The number of fused-ring (bicyclic) bond motifs is 1. The highest BCUT2D eigenvalue weighted by Gasteiger charge is 2.29. The minimum absolute atomic E-state index is 0.143. The third-order valence-electron chi connectivity index (χ3n) is 6.19. The molecule has 0 radical (unpaired) electrons. The molecule has 1 amide bonds. The fraction of sp³-hybridized carbons (Fsp3) is 0.375. The molecule has 0 spiro atoms. The van der Waals surface area contributed by atoms with Gasteiger partial charge in [0.1, 0.15) is 11.6 Å². The van der Waals surface area contributed by atoms with Gasteiger partial charge in [-0.05, 0) is 50.3 Å². The number of hydrogen-bond donors (Lipinski definition) is 4. The number of anilines is 3. The van der Waals surface area contributed by atoms with E-state index in [4.69, 9.17) is 0 Å². The van der Waals surface area contributed by atoms with E-state index in [9.17, 15) is 14.7 Å². The van der Waals surface area contributed by atoms with Gasteiger partial charge in [-0.2, -0.15) is 0 Å². The average molecular weight is 447 g/mol. The molecule has 4 N–H and O–H groups in total. The van der Waals surface area contributed by atoms with Crippen LogP contribution in [0.2, 0.25) is 0 Å². The number of rotatable bonds is 7. The molecule has 3 aromatic rings. The molecule has 5 rings (SSSR count). The van der Waals surface area contributed by atoms with Crippen LogP contribution in [0.15, 0.2) is 42.9 Å². The highest BCUT2D eigenvalue weighted by molar-refractivity contribution is 6.00. The van der Waals surface area contributed by atoms with E-state index < -0.39 is 11.9 Å². The Morgan fingerprint density at radius 1 is 1.00 bits per heavy atom. The molecule has 2 aliphatic rings. The van der Waals surface area contributed by atoms with Crippen molar-refractivity contribution in [2.75, 3.05) is 10.6 Å². The number of carbonyl (C=O) groups is 2. The lowest BCUT2D eigenvalue weighted by Gasteiger charge is -2.27. The summed E-state index contributed by atoms with van der Waals surface area (Å²) in [4.78, 5) is 37.5. The van der Waals surface area contributed by atoms with Crippen molar-refractivity contribution in [1.82, 2.24) is 20.3 Å². The molecule has 0 bridgehead atoms. The lowest BCUT2D eigenvalue weighted by atomic mass is 9.85. The number of pyridine rings is 3. The molecule has 33 heavy (non-hydrogen) atoms. The summed E-state index contributed by atoms with van der Waals surface area (Å²) in [5.74, 6) is -0.190. The number of aromatic nitrogens is 3. The van der Waals surface area contributed by atoms with Gasteiger partial charge in [0.15, 0.2) is 0 Å². The van der Waals surface area contributed by atoms with Gasteiger partial charge in [-0.3, -0.25) is 14.6 Å². The lowest BCUT2D eigenvalue weighted by Crippen LogP contribution is -2.40. The maximum absolute atomic E-state index is 13.1. The summed E-state index contributed by atoms with van der Waals surface area (Å²) in [5, 5.41) is 19.9. The van der Waals surface area contributed by atoms with E-state index in [0.717, 1.165) is 36.6 Å². The van der Waals surface area contributed by atoms with Crippen molar-refractivity contribution in [2.24, 2.45) is 5.92 Å². The third-order valence-corrected chi connectivity index (χ3v) is 6.19. The summed E-state index contributed by atoms with van der Waals surface area (Å²) in [7, 11) is 0. The van der Waals surface area contributed by atoms with Gasteiger partial charge in [-0.25, -0.2) is 9.97 Å². The Balaban J connectivity index is 1.34. The predicted octanol–water partition coefficient (Wildman–Crippen LogP) is 3.72. The van der Waals surface area contributed by atoms with E-state index in [1.807, 2.05) is 24.3 Å². The number of nitrogens with one attached hydrogen (secondary N) is 3. The second-order valence-electron chi connectivity index (χ2n) is 8.80. The largest absolute Gasteiger partial charge is 0.481 e. The maximum atomic E-state index is 13.1. The maximum Gasteiger partial charge on any atom is 0.306 e. The summed E-state index contributed by atoms with van der Waals surface area (Å²) in [6.45, 7) is 0. The number of hydrogen-bond acceptors (Lipinski definition) is 7. The van der Waals surface area contributed by atoms with Crippen molar-refractivity contribution in [3.8, 4) is 0 Å². The molecule has 3 heterocycles. The van der Waals surface area contributed by atoms with Gasteiger partial charge >= 0.3 is 5.97 Å². The molecule has 0 unspecified atom stereocenters. The van der Waals surface area contributed by atoms with Gasteiger partial charge in [0, 0.05) is 42.1 Å². The summed E-state index contributed by atoms with van der Waals surface area (Å²) in [5.41, 5.74) is 2.00. The molecule has 9 nitrogen and oxygen atoms in total. The van der Waals surface area contributed by atoms with Crippen LogP contribution in [-0.2, 0) is 4.79 Å². The van der Waals surface area contributed by atoms with Crippen LogP contribution in [0, 0.1) is 5.92 Å². The molecule has 3 aromatic heterocycles. The van der Waals surface area contributed by atoms with Crippen LogP contribution in [0.25, 0.3) is 10.9 Å². The molecular formula is C24H26N6O3. The molecule has 2 saturated carbocycles. The van der Waals surface area contributed by atoms with Crippen LogP contribution in [0.5, 0.6) is 0 Å². The zero-order chi connectivity index (χ0) is 22.8. The zero-order valence-electron chi connectivity index (χ0n) is 18.1. The Hall–Kier alpha value is -3.75. The molecule has 0 aliphatic heterocycles. The van der Waals surface area contributed by atoms with E-state index in [-0.39, 0.29) is 11.9 Å². The van der Waals surface area contributed by atoms with Crippen LogP contribution >= 0.6 is 0 Å². The zero-order valence-corrected chi connectivity index (χ0v) is 18.1.